The number of amides is 2. The van der Waals surface area contributed by atoms with Crippen LogP contribution >= 0.6 is 11.8 Å². The van der Waals surface area contributed by atoms with Gasteiger partial charge in [0.1, 0.15) is 5.76 Å². The molecule has 0 unspecified atom stereocenters. The van der Waals surface area contributed by atoms with E-state index in [0.717, 1.165) is 5.56 Å². The Kier molecular flexibility index (Phi) is 6.49. The van der Waals surface area contributed by atoms with E-state index in [9.17, 15) is 9.59 Å². The van der Waals surface area contributed by atoms with Crippen LogP contribution in [0.3, 0.4) is 0 Å². The predicted octanol–water partition coefficient (Wildman–Crippen LogP) is 2.92. The lowest BCUT2D eigenvalue weighted by atomic mass is 10.1. The van der Waals surface area contributed by atoms with Crippen LogP contribution in [-0.4, -0.2) is 36.1 Å². The van der Waals surface area contributed by atoms with E-state index < -0.39 is 0 Å². The normalized spacial score (nSPS) is 11.8. The van der Waals surface area contributed by atoms with Crippen LogP contribution in [0.1, 0.15) is 28.6 Å². The Morgan fingerprint density at radius 3 is 2.71 bits per heavy atom. The number of nitrogens with zero attached hydrogens (tertiary/aromatic N) is 1. The summed E-state index contributed by atoms with van der Waals surface area (Å²) in [6, 6.07) is 11.1. The number of carbonyl (C=O) groups excluding carboxylic acids is 2. The molecule has 5 nitrogen and oxygen atoms in total. The van der Waals surface area contributed by atoms with Gasteiger partial charge in [0, 0.05) is 25.4 Å². The summed E-state index contributed by atoms with van der Waals surface area (Å²) in [6.45, 7) is 2.26. The monoisotopic (exact) mass is 346 g/mol. The number of hydrogen-bond acceptors (Lipinski definition) is 4. The van der Waals surface area contributed by atoms with Crippen molar-refractivity contribution in [3.05, 3.63) is 59.5 Å². The highest BCUT2D eigenvalue weighted by Gasteiger charge is 2.15. The van der Waals surface area contributed by atoms with Gasteiger partial charge in [-0.3, -0.25) is 9.59 Å². The molecular formula is C18H22N2O3S. The molecule has 128 valence electrons. The molecule has 1 atom stereocenters. The van der Waals surface area contributed by atoms with Crippen LogP contribution in [0, 0.1) is 0 Å². The Morgan fingerprint density at radius 2 is 2.04 bits per heavy atom. The van der Waals surface area contributed by atoms with Crippen molar-refractivity contribution in [1.82, 2.24) is 10.2 Å². The van der Waals surface area contributed by atoms with E-state index in [0.29, 0.717) is 23.6 Å². The second kappa shape index (κ2) is 8.59. The molecule has 0 aliphatic heterocycles. The SMILES string of the molecule is C[C@@H](SCc1cccc(C(=O)NCc2ccco2)c1)C(=O)N(C)C. The number of benzene rings is 1. The van der Waals surface area contributed by atoms with E-state index in [1.807, 2.05) is 31.2 Å². The number of furan rings is 1. The first-order valence-electron chi connectivity index (χ1n) is 7.69. The molecule has 1 heterocycles. The molecule has 0 aliphatic rings. The lowest BCUT2D eigenvalue weighted by Gasteiger charge is -2.16. The lowest BCUT2D eigenvalue weighted by molar-refractivity contribution is -0.127. The van der Waals surface area contributed by atoms with E-state index in [1.165, 1.54) is 0 Å². The van der Waals surface area contributed by atoms with Gasteiger partial charge >= 0.3 is 0 Å². The third-order valence-corrected chi connectivity index (χ3v) is 4.68. The lowest BCUT2D eigenvalue weighted by Crippen LogP contribution is -2.29. The van der Waals surface area contributed by atoms with Gasteiger partial charge in [-0.2, -0.15) is 0 Å². The molecule has 2 aromatic rings. The Labute approximate surface area is 146 Å². The molecule has 0 saturated carbocycles. The third kappa shape index (κ3) is 5.16. The first kappa shape index (κ1) is 18.1. The van der Waals surface area contributed by atoms with Crippen molar-refractivity contribution in [2.45, 2.75) is 24.5 Å². The van der Waals surface area contributed by atoms with Crippen LogP contribution in [0.25, 0.3) is 0 Å². The van der Waals surface area contributed by atoms with Gasteiger partial charge in [0.25, 0.3) is 5.91 Å². The Hall–Kier alpha value is -2.21. The molecule has 0 fully saturated rings. The van der Waals surface area contributed by atoms with Gasteiger partial charge in [-0.05, 0) is 36.8 Å². The topological polar surface area (TPSA) is 62.6 Å². The first-order valence-corrected chi connectivity index (χ1v) is 8.74. The smallest absolute Gasteiger partial charge is 0.251 e. The molecule has 1 aromatic heterocycles. The molecule has 2 amide bonds. The summed E-state index contributed by atoms with van der Waals surface area (Å²) in [5, 5.41) is 2.71. The largest absolute Gasteiger partial charge is 0.467 e. The fourth-order valence-electron chi connectivity index (χ4n) is 2.14. The molecule has 0 saturated heterocycles. The minimum Gasteiger partial charge on any atom is -0.467 e. The Morgan fingerprint density at radius 1 is 1.25 bits per heavy atom. The highest BCUT2D eigenvalue weighted by Crippen LogP contribution is 2.19. The minimum absolute atomic E-state index is 0.0901. The molecule has 0 aliphatic carbocycles. The van der Waals surface area contributed by atoms with E-state index in [4.69, 9.17) is 4.42 Å². The molecular weight excluding hydrogens is 324 g/mol. The number of hydrogen-bond donors (Lipinski definition) is 1. The molecule has 1 N–H and O–H groups in total. The maximum Gasteiger partial charge on any atom is 0.251 e. The number of carbonyl (C=O) groups is 2. The second-order valence-corrected chi connectivity index (χ2v) is 6.98. The van der Waals surface area contributed by atoms with Crippen molar-refractivity contribution in [2.24, 2.45) is 0 Å². The summed E-state index contributed by atoms with van der Waals surface area (Å²) in [7, 11) is 3.51. The van der Waals surface area contributed by atoms with Crippen LogP contribution < -0.4 is 5.32 Å². The fraction of sp³-hybridized carbons (Fsp3) is 0.333. The summed E-state index contributed by atoms with van der Waals surface area (Å²) in [5.74, 6) is 1.34. The van der Waals surface area contributed by atoms with E-state index in [2.05, 4.69) is 5.32 Å². The van der Waals surface area contributed by atoms with Crippen molar-refractivity contribution in [3.63, 3.8) is 0 Å². The molecule has 2 rings (SSSR count). The van der Waals surface area contributed by atoms with Crippen LogP contribution in [0.15, 0.2) is 47.1 Å². The molecule has 24 heavy (non-hydrogen) atoms. The summed E-state index contributed by atoms with van der Waals surface area (Å²) in [6.07, 6.45) is 1.58. The molecule has 0 spiro atoms. The van der Waals surface area contributed by atoms with Gasteiger partial charge in [0.2, 0.25) is 5.91 Å². The predicted molar refractivity (Wildman–Crippen MR) is 95.8 cm³/mol. The first-order chi connectivity index (χ1) is 11.5. The van der Waals surface area contributed by atoms with Crippen molar-refractivity contribution < 1.29 is 14.0 Å². The van der Waals surface area contributed by atoms with Crippen molar-refractivity contribution in [2.75, 3.05) is 14.1 Å². The Balaban J connectivity index is 1.90. The third-order valence-electron chi connectivity index (χ3n) is 3.48. The standard InChI is InChI=1S/C18H22N2O3S/c1-13(18(22)20(2)3)24-12-14-6-4-7-15(10-14)17(21)19-11-16-8-5-9-23-16/h4-10,13H,11-12H2,1-3H3,(H,19,21)/t13-/m1/s1. The van der Waals surface area contributed by atoms with Crippen molar-refractivity contribution >= 4 is 23.6 Å². The zero-order valence-corrected chi connectivity index (χ0v) is 14.9. The number of thioether (sulfide) groups is 1. The zero-order valence-electron chi connectivity index (χ0n) is 14.1. The highest BCUT2D eigenvalue weighted by molar-refractivity contribution is 7.99. The van der Waals surface area contributed by atoms with Gasteiger partial charge < -0.3 is 14.6 Å². The second-order valence-electron chi connectivity index (χ2n) is 5.65. The maximum absolute atomic E-state index is 12.2. The summed E-state index contributed by atoms with van der Waals surface area (Å²) in [4.78, 5) is 25.7. The maximum atomic E-state index is 12.2. The zero-order chi connectivity index (χ0) is 17.5. The Bertz CT molecular complexity index is 683. The quantitative estimate of drug-likeness (QED) is 0.837. The van der Waals surface area contributed by atoms with Crippen LogP contribution in [0.5, 0.6) is 0 Å². The van der Waals surface area contributed by atoms with Crippen LogP contribution in [0.4, 0.5) is 0 Å². The van der Waals surface area contributed by atoms with Gasteiger partial charge in [-0.1, -0.05) is 12.1 Å². The van der Waals surface area contributed by atoms with Crippen molar-refractivity contribution in [1.29, 1.82) is 0 Å². The summed E-state index contributed by atoms with van der Waals surface area (Å²) in [5.41, 5.74) is 1.62. The minimum atomic E-state index is -0.143. The van der Waals surface area contributed by atoms with Crippen LogP contribution in [0.2, 0.25) is 0 Å². The van der Waals surface area contributed by atoms with E-state index >= 15 is 0 Å². The van der Waals surface area contributed by atoms with Crippen molar-refractivity contribution in [3.8, 4) is 0 Å². The van der Waals surface area contributed by atoms with Gasteiger partial charge in [-0.15, -0.1) is 11.8 Å². The highest BCUT2D eigenvalue weighted by atomic mass is 32.2. The summed E-state index contributed by atoms with van der Waals surface area (Å²) >= 11 is 1.56. The van der Waals surface area contributed by atoms with Gasteiger partial charge in [0.05, 0.1) is 18.1 Å². The van der Waals surface area contributed by atoms with Gasteiger partial charge in [-0.25, -0.2) is 0 Å². The average molecular weight is 346 g/mol. The molecule has 0 bridgehead atoms. The fourth-order valence-corrected chi connectivity index (χ4v) is 3.12. The number of nitrogens with one attached hydrogen (secondary N) is 1. The number of rotatable bonds is 7. The summed E-state index contributed by atoms with van der Waals surface area (Å²) < 4.78 is 5.20. The molecule has 0 radical (unpaired) electrons. The van der Waals surface area contributed by atoms with E-state index in [-0.39, 0.29) is 17.1 Å². The average Bonchev–Trinajstić information content (AvgIpc) is 3.10. The van der Waals surface area contributed by atoms with E-state index in [1.54, 1.807) is 49.2 Å². The molecule has 1 aromatic carbocycles. The molecule has 6 heteroatoms. The van der Waals surface area contributed by atoms with Crippen LogP contribution in [-0.2, 0) is 17.1 Å². The van der Waals surface area contributed by atoms with Gasteiger partial charge in [0.15, 0.2) is 0 Å².